The van der Waals surface area contributed by atoms with Crippen LogP contribution in [0.4, 0.5) is 5.69 Å². The molecular weight excluding hydrogens is 470 g/mol. The van der Waals surface area contributed by atoms with Crippen molar-refractivity contribution in [3.05, 3.63) is 89.5 Å². The molecule has 3 rings (SSSR count). The molecule has 35 heavy (non-hydrogen) atoms. The molecule has 9 nitrogen and oxygen atoms in total. The van der Waals surface area contributed by atoms with E-state index in [0.29, 0.717) is 17.1 Å². The normalized spacial score (nSPS) is 11.1. The zero-order valence-corrected chi connectivity index (χ0v) is 20.2. The molecule has 0 bridgehead atoms. The van der Waals surface area contributed by atoms with Crippen molar-refractivity contribution in [1.29, 1.82) is 0 Å². The number of carbonyl (C=O) groups is 2. The van der Waals surface area contributed by atoms with Gasteiger partial charge in [0.15, 0.2) is 0 Å². The number of para-hydroxylation sites is 2. The minimum absolute atomic E-state index is 0.0394. The molecule has 0 aromatic heterocycles. The van der Waals surface area contributed by atoms with E-state index >= 15 is 0 Å². The summed E-state index contributed by atoms with van der Waals surface area (Å²) in [6, 6.07) is 17.5. The number of hydrazine groups is 1. The average molecular weight is 496 g/mol. The molecule has 0 saturated carbocycles. The smallest absolute Gasteiger partial charge is 0.269 e. The first-order valence-corrected chi connectivity index (χ1v) is 11.9. The van der Waals surface area contributed by atoms with Gasteiger partial charge in [0.05, 0.1) is 24.8 Å². The number of carbonyl (C=O) groups excluding carboxylic acids is 2. The van der Waals surface area contributed by atoms with Crippen LogP contribution in [0.25, 0.3) is 6.08 Å². The highest BCUT2D eigenvalue weighted by molar-refractivity contribution is 7.92. The second-order valence-corrected chi connectivity index (χ2v) is 9.04. The zero-order valence-electron chi connectivity index (χ0n) is 19.4. The summed E-state index contributed by atoms with van der Waals surface area (Å²) in [5.74, 6) is -0.315. The molecule has 0 fully saturated rings. The van der Waals surface area contributed by atoms with E-state index < -0.39 is 21.8 Å². The third kappa shape index (κ3) is 6.61. The van der Waals surface area contributed by atoms with Crippen molar-refractivity contribution >= 4 is 33.6 Å². The Kier molecular flexibility index (Phi) is 8.11. The van der Waals surface area contributed by atoms with Gasteiger partial charge in [-0.1, -0.05) is 29.8 Å². The van der Waals surface area contributed by atoms with Gasteiger partial charge in [-0.2, -0.15) is 0 Å². The first kappa shape index (κ1) is 25.3. The largest absolute Gasteiger partial charge is 0.496 e. The average Bonchev–Trinajstić information content (AvgIpc) is 2.86. The highest BCUT2D eigenvalue weighted by Gasteiger charge is 2.18. The van der Waals surface area contributed by atoms with Crippen LogP contribution >= 0.6 is 0 Å². The molecule has 2 amide bonds. The fraction of sp³-hybridized carbons (Fsp3) is 0.120. The molecule has 0 unspecified atom stereocenters. The van der Waals surface area contributed by atoms with Gasteiger partial charge in [-0.3, -0.25) is 25.2 Å². The van der Waals surface area contributed by atoms with Gasteiger partial charge in [0.25, 0.3) is 21.8 Å². The number of aryl methyl sites for hydroxylation is 1. The topological polar surface area (TPSA) is 123 Å². The molecular formula is C25H25N3O6S. The van der Waals surface area contributed by atoms with Crippen LogP contribution in [-0.2, 0) is 14.8 Å². The minimum Gasteiger partial charge on any atom is -0.496 e. The quantitative estimate of drug-likeness (QED) is 0.326. The third-order valence-corrected chi connectivity index (χ3v) is 6.22. The Morgan fingerprint density at radius 3 is 2.34 bits per heavy atom. The number of nitrogens with one attached hydrogen (secondary N) is 3. The zero-order chi connectivity index (χ0) is 25.4. The highest BCUT2D eigenvalue weighted by Crippen LogP contribution is 2.26. The highest BCUT2D eigenvalue weighted by atomic mass is 32.2. The summed E-state index contributed by atoms with van der Waals surface area (Å²) in [5, 5.41) is 0. The van der Waals surface area contributed by atoms with Crippen molar-refractivity contribution in [1.82, 2.24) is 10.9 Å². The summed E-state index contributed by atoms with van der Waals surface area (Å²) in [5.41, 5.74) is 6.53. The summed E-state index contributed by atoms with van der Waals surface area (Å²) < 4.78 is 38.5. The third-order valence-electron chi connectivity index (χ3n) is 4.86. The molecule has 0 aliphatic carbocycles. The van der Waals surface area contributed by atoms with E-state index in [1.807, 2.05) is 19.1 Å². The van der Waals surface area contributed by atoms with Crippen molar-refractivity contribution in [3.63, 3.8) is 0 Å². The van der Waals surface area contributed by atoms with E-state index in [1.54, 1.807) is 36.4 Å². The Balaban J connectivity index is 1.67. The van der Waals surface area contributed by atoms with E-state index in [1.165, 1.54) is 44.6 Å². The van der Waals surface area contributed by atoms with E-state index in [9.17, 15) is 18.0 Å². The molecule has 0 aliphatic rings. The van der Waals surface area contributed by atoms with Crippen molar-refractivity contribution in [2.45, 2.75) is 11.8 Å². The molecule has 0 aliphatic heterocycles. The van der Waals surface area contributed by atoms with Gasteiger partial charge in [0.1, 0.15) is 11.5 Å². The number of sulfonamides is 1. The van der Waals surface area contributed by atoms with Crippen molar-refractivity contribution in [2.75, 3.05) is 18.9 Å². The summed E-state index contributed by atoms with van der Waals surface area (Å²) in [4.78, 5) is 24.5. The summed E-state index contributed by atoms with van der Waals surface area (Å²) in [6.45, 7) is 1.91. The van der Waals surface area contributed by atoms with Crippen molar-refractivity contribution < 1.29 is 27.5 Å². The monoisotopic (exact) mass is 495 g/mol. The van der Waals surface area contributed by atoms with Crippen LogP contribution in [0.2, 0.25) is 0 Å². The molecule has 0 spiro atoms. The maximum Gasteiger partial charge on any atom is 0.269 e. The van der Waals surface area contributed by atoms with Crippen LogP contribution in [0.3, 0.4) is 0 Å². The number of rotatable bonds is 8. The van der Waals surface area contributed by atoms with Crippen molar-refractivity contribution in [3.8, 4) is 11.5 Å². The standard InChI is InChI=1S/C25H25N3O6S/c1-17-11-13-22(33-2)18(15-17)12-14-24(29)26-27-25(30)19-7-6-8-20(16-19)35(31,32)28-21-9-4-5-10-23(21)34-3/h4-16,28H,1-3H3,(H,26,29)(H,27,30)/b14-12+. The molecule has 10 heteroatoms. The predicted molar refractivity (Wildman–Crippen MR) is 133 cm³/mol. The Morgan fingerprint density at radius 1 is 0.857 bits per heavy atom. The van der Waals surface area contributed by atoms with Crippen LogP contribution in [0.15, 0.2) is 77.7 Å². The fourth-order valence-electron chi connectivity index (χ4n) is 3.12. The van der Waals surface area contributed by atoms with Gasteiger partial charge in [-0.15, -0.1) is 0 Å². The van der Waals surface area contributed by atoms with E-state index in [0.717, 1.165) is 5.56 Å². The van der Waals surface area contributed by atoms with Gasteiger partial charge in [0, 0.05) is 17.2 Å². The second-order valence-electron chi connectivity index (χ2n) is 7.36. The maximum atomic E-state index is 12.8. The first-order chi connectivity index (χ1) is 16.7. The number of hydrogen-bond acceptors (Lipinski definition) is 6. The SMILES string of the molecule is COc1ccc(C)cc1/C=C/C(=O)NNC(=O)c1cccc(S(=O)(=O)Nc2ccccc2OC)c1. The molecule has 3 aromatic rings. The number of ether oxygens (including phenoxy) is 2. The lowest BCUT2D eigenvalue weighted by Gasteiger charge is -2.12. The minimum atomic E-state index is -4.00. The number of methoxy groups -OCH3 is 2. The molecule has 0 heterocycles. The van der Waals surface area contributed by atoms with E-state index in [2.05, 4.69) is 15.6 Å². The molecule has 0 saturated heterocycles. The van der Waals surface area contributed by atoms with Crippen LogP contribution < -0.4 is 25.0 Å². The lowest BCUT2D eigenvalue weighted by atomic mass is 10.1. The van der Waals surface area contributed by atoms with Crippen LogP contribution in [0, 0.1) is 6.92 Å². The molecule has 3 aromatic carbocycles. The van der Waals surface area contributed by atoms with Gasteiger partial charge < -0.3 is 9.47 Å². The fourth-order valence-corrected chi connectivity index (χ4v) is 4.23. The molecule has 3 N–H and O–H groups in total. The van der Waals surface area contributed by atoms with Crippen LogP contribution in [0.5, 0.6) is 11.5 Å². The Morgan fingerprint density at radius 2 is 1.60 bits per heavy atom. The Labute approximate surface area is 203 Å². The Bertz CT molecular complexity index is 1370. The Hall–Kier alpha value is -4.31. The van der Waals surface area contributed by atoms with Gasteiger partial charge >= 0.3 is 0 Å². The molecule has 0 atom stereocenters. The lowest BCUT2D eigenvalue weighted by molar-refractivity contribution is -0.117. The van der Waals surface area contributed by atoms with E-state index in [4.69, 9.17) is 9.47 Å². The van der Waals surface area contributed by atoms with Crippen molar-refractivity contribution in [2.24, 2.45) is 0 Å². The number of benzene rings is 3. The number of anilines is 1. The number of amides is 2. The maximum absolute atomic E-state index is 12.8. The summed E-state index contributed by atoms with van der Waals surface area (Å²) in [6.07, 6.45) is 2.81. The van der Waals surface area contributed by atoms with Gasteiger partial charge in [0.2, 0.25) is 0 Å². The van der Waals surface area contributed by atoms with Crippen LogP contribution in [-0.4, -0.2) is 34.5 Å². The van der Waals surface area contributed by atoms with Gasteiger partial charge in [-0.05, 0) is 55.5 Å². The van der Waals surface area contributed by atoms with Gasteiger partial charge in [-0.25, -0.2) is 8.42 Å². The predicted octanol–water partition coefficient (Wildman–Crippen LogP) is 3.29. The summed E-state index contributed by atoms with van der Waals surface area (Å²) >= 11 is 0. The lowest BCUT2D eigenvalue weighted by Crippen LogP contribution is -2.40. The van der Waals surface area contributed by atoms with Crippen LogP contribution in [0.1, 0.15) is 21.5 Å². The number of hydrogen-bond donors (Lipinski definition) is 3. The molecule has 0 radical (unpaired) electrons. The second kappa shape index (κ2) is 11.2. The summed E-state index contributed by atoms with van der Waals surface area (Å²) in [7, 11) is -1.04. The first-order valence-electron chi connectivity index (χ1n) is 10.4. The van der Waals surface area contributed by atoms with E-state index in [-0.39, 0.29) is 16.1 Å². The molecule has 182 valence electrons.